The number of benzene rings is 5. The van der Waals surface area contributed by atoms with E-state index >= 15 is 0 Å². The van der Waals surface area contributed by atoms with Crippen molar-refractivity contribution in [2.45, 2.75) is 143 Å². The van der Waals surface area contributed by atoms with E-state index < -0.39 is 39.7 Å². The molecule has 0 saturated carbocycles. The Hall–Kier alpha value is -8.15. The average Bonchev–Trinajstić information content (AvgIpc) is 0.778. The first-order valence-corrected chi connectivity index (χ1v) is 29.6. The van der Waals surface area contributed by atoms with Gasteiger partial charge in [0.25, 0.3) is 0 Å². The second-order valence-electron chi connectivity index (χ2n) is 22.4. The Morgan fingerprint density at radius 1 is 0.291 bits per heavy atom. The minimum absolute atomic E-state index is 0.0661. The van der Waals surface area contributed by atoms with Gasteiger partial charge in [-0.25, -0.2) is 22.8 Å². The van der Waals surface area contributed by atoms with Crippen molar-refractivity contribution in [2.24, 2.45) is 35.2 Å². The first-order valence-electron chi connectivity index (χ1n) is 37.1. The van der Waals surface area contributed by atoms with Crippen LogP contribution in [0.4, 0.5) is 0 Å². The third-order valence-electron chi connectivity index (χ3n) is 15.7. The van der Waals surface area contributed by atoms with Crippen LogP contribution < -0.4 is 22.8 Å². The van der Waals surface area contributed by atoms with Gasteiger partial charge in [0.05, 0.1) is 0 Å². The number of hydrogen-bond acceptors (Lipinski definition) is 0. The van der Waals surface area contributed by atoms with Gasteiger partial charge in [-0.15, -0.1) is 0 Å². The van der Waals surface area contributed by atoms with Crippen molar-refractivity contribution in [3.8, 4) is 56.3 Å². The SMILES string of the molecule is CCc1c[n+](C)c(-c2ccccc2C)cc1C.CCc1ccc(-c2ccc(C)cc2C)[n+](C)c1.[2H]C([2H])([2H])c1cc(-c2ccc(C)cc2C)[n+](C)cc1C([2H])([2H])C.[2H]C([2H])([2H])c1cc(-c2ccccc2C)[n+](C)cc1C([2H])([2H])C.[2H]C([2H])([2H])c1ccc(-c2ccc(C([2H])([2H])C)c[n+]2C)c(C)c1. The molecule has 0 atom stereocenters. The van der Waals surface area contributed by atoms with Crippen LogP contribution in [0.25, 0.3) is 56.3 Å². The lowest BCUT2D eigenvalue weighted by Crippen LogP contribution is -2.32. The average molecular weight is 1160 g/mol. The third kappa shape index (κ3) is 17.3. The summed E-state index contributed by atoms with van der Waals surface area (Å²) in [7, 11) is 9.73. The molecule has 0 radical (unpaired) electrons. The summed E-state index contributed by atoms with van der Waals surface area (Å²) in [5, 5.41) is 0. The maximum Gasteiger partial charge on any atom is 0.212 e. The van der Waals surface area contributed by atoms with Crippen molar-refractivity contribution in [3.63, 3.8) is 0 Å². The highest BCUT2D eigenvalue weighted by atomic mass is 14.9. The molecule has 0 saturated heterocycles. The Morgan fingerprint density at radius 3 is 1.02 bits per heavy atom. The summed E-state index contributed by atoms with van der Waals surface area (Å²) in [5.41, 5.74) is 24.3. The van der Waals surface area contributed by atoms with Crippen LogP contribution in [-0.2, 0) is 67.2 Å². The molecule has 0 aliphatic heterocycles. The van der Waals surface area contributed by atoms with Gasteiger partial charge in [0, 0.05) is 107 Å². The quantitative estimate of drug-likeness (QED) is 0.122. The lowest BCUT2D eigenvalue weighted by molar-refractivity contribution is -0.661. The van der Waals surface area contributed by atoms with E-state index in [1.807, 2.05) is 94.9 Å². The van der Waals surface area contributed by atoms with Gasteiger partial charge in [-0.05, 0) is 195 Å². The first-order chi connectivity index (χ1) is 46.7. The number of hydrogen-bond donors (Lipinski definition) is 0. The van der Waals surface area contributed by atoms with Crippen molar-refractivity contribution in [3.05, 3.63) is 266 Å². The van der Waals surface area contributed by atoms with Gasteiger partial charge < -0.3 is 0 Å². The standard InChI is InChI=1S/C17H22N.4C16H20N/c1-6-15-11-18(5)17(10-13(15)3)16-8-7-12(2)9-14(16)4;2*1-5-14-7-9-16(17(4)11-14)15-8-6-12(2)10-13(15)3;2*1-5-14-11-17(4)16(10-13(14)3)15-9-7-6-8-12(15)2/h7-11H,6H2,1-5H3;4*6-11H,5H2,1-4H3/q5*+1/i3D3,6D2;2D3,5D2;;3D3,5D2;. The Bertz CT molecular complexity index is 4510. The van der Waals surface area contributed by atoms with E-state index in [1.165, 1.54) is 76.7 Å². The van der Waals surface area contributed by atoms with Crippen molar-refractivity contribution in [1.29, 1.82) is 0 Å². The van der Waals surface area contributed by atoms with E-state index in [0.29, 0.717) is 11.1 Å². The summed E-state index contributed by atoms with van der Waals surface area (Å²) in [5.74, 6) is 0. The predicted octanol–water partition coefficient (Wildman–Crippen LogP) is 17.1. The summed E-state index contributed by atoms with van der Waals surface area (Å²) >= 11 is 0. The van der Waals surface area contributed by atoms with Gasteiger partial charge in [0.15, 0.2) is 31.0 Å². The molecule has 0 amide bonds. The molecule has 0 aliphatic rings. The first kappa shape index (κ1) is 48.0. The largest absolute Gasteiger partial charge is 0.212 e. The molecular weight excluding hydrogens is 1040 g/mol. The van der Waals surface area contributed by atoms with Crippen molar-refractivity contribution in [1.82, 2.24) is 0 Å². The number of aromatic nitrogens is 5. The number of nitrogens with zero attached hydrogens (tertiary/aromatic N) is 5. The monoisotopic (exact) mass is 1160 g/mol. The molecule has 5 aromatic carbocycles. The van der Waals surface area contributed by atoms with E-state index in [0.717, 1.165) is 68.9 Å². The summed E-state index contributed by atoms with van der Waals surface area (Å²) in [4.78, 5) is 0. The molecule has 86 heavy (non-hydrogen) atoms. The molecule has 5 heterocycles. The van der Waals surface area contributed by atoms with E-state index in [2.05, 4.69) is 144 Å². The number of rotatable bonds is 10. The van der Waals surface area contributed by atoms with Gasteiger partial charge in [0.1, 0.15) is 35.2 Å². The predicted molar refractivity (Wildman–Crippen MR) is 364 cm³/mol. The highest BCUT2D eigenvalue weighted by Crippen LogP contribution is 2.27. The zero-order valence-corrected chi connectivity index (χ0v) is 54.4. The van der Waals surface area contributed by atoms with E-state index in [4.69, 9.17) is 20.6 Å². The summed E-state index contributed by atoms with van der Waals surface area (Å²) < 4.78 is 126. The normalized spacial score (nSPS) is 14.1. The van der Waals surface area contributed by atoms with Crippen LogP contribution in [-0.4, -0.2) is 0 Å². The summed E-state index contributed by atoms with van der Waals surface area (Å²) in [6.07, 6.45) is 6.76. The van der Waals surface area contributed by atoms with Crippen LogP contribution in [0.15, 0.2) is 177 Å². The molecule has 10 aromatic rings. The van der Waals surface area contributed by atoms with Crippen LogP contribution in [0.3, 0.4) is 0 Å². The maximum absolute atomic E-state index is 7.94. The second-order valence-corrected chi connectivity index (χ2v) is 22.4. The fourth-order valence-corrected chi connectivity index (χ4v) is 10.7. The minimum atomic E-state index is -2.36. The second kappa shape index (κ2) is 31.3. The Kier molecular flexibility index (Phi) is 17.5. The minimum Gasteiger partial charge on any atom is -0.201 e. The van der Waals surface area contributed by atoms with Crippen molar-refractivity contribution >= 4 is 0 Å². The van der Waals surface area contributed by atoms with Gasteiger partial charge in [-0.3, -0.25) is 0 Å². The molecule has 5 nitrogen and oxygen atoms in total. The molecule has 5 heteroatoms. The van der Waals surface area contributed by atoms with Crippen molar-refractivity contribution < 1.29 is 43.4 Å². The van der Waals surface area contributed by atoms with Crippen LogP contribution >= 0.6 is 0 Å². The lowest BCUT2D eigenvalue weighted by atomic mass is 9.99. The molecule has 5 aromatic heterocycles. The van der Waals surface area contributed by atoms with E-state index in [9.17, 15) is 0 Å². The van der Waals surface area contributed by atoms with Gasteiger partial charge in [-0.2, -0.15) is 0 Å². The molecule has 446 valence electrons. The molecule has 0 fully saturated rings. The van der Waals surface area contributed by atoms with Gasteiger partial charge >= 0.3 is 0 Å². The molecule has 0 unspecified atom stereocenters. The van der Waals surface area contributed by atoms with Gasteiger partial charge in [0.2, 0.25) is 28.5 Å². The molecular formula is C81H102N5+5. The van der Waals surface area contributed by atoms with Crippen LogP contribution in [0.5, 0.6) is 0 Å². The zero-order chi connectivity index (χ0) is 75.8. The number of pyridine rings is 5. The number of aryl methyl sites for hydroxylation is 21. The van der Waals surface area contributed by atoms with E-state index in [-0.39, 0.29) is 22.3 Å². The summed E-state index contributed by atoms with van der Waals surface area (Å²) in [6.45, 7) is 18.4. The molecule has 0 bridgehead atoms. The van der Waals surface area contributed by atoms with Gasteiger partial charge in [-0.1, -0.05) is 124 Å². The maximum atomic E-state index is 7.94. The van der Waals surface area contributed by atoms with Crippen LogP contribution in [0.2, 0.25) is 0 Å². The van der Waals surface area contributed by atoms with Crippen LogP contribution in [0, 0.1) is 75.9 Å². The third-order valence-corrected chi connectivity index (χ3v) is 15.7. The lowest BCUT2D eigenvalue weighted by Gasteiger charge is -2.08. The fourth-order valence-electron chi connectivity index (χ4n) is 10.7. The van der Waals surface area contributed by atoms with Crippen molar-refractivity contribution in [2.75, 3.05) is 0 Å². The van der Waals surface area contributed by atoms with E-state index in [1.54, 1.807) is 65.1 Å². The van der Waals surface area contributed by atoms with Crippen LogP contribution in [0.1, 0.15) is 144 Å². The molecule has 0 N–H and O–H groups in total. The highest BCUT2D eigenvalue weighted by Gasteiger charge is 2.19. The fraction of sp³-hybridized carbons (Fsp3) is 0.321. The zero-order valence-electron chi connectivity index (χ0n) is 69.4. The Labute approximate surface area is 541 Å². The summed E-state index contributed by atoms with van der Waals surface area (Å²) in [6, 6.07) is 47.6. The highest BCUT2D eigenvalue weighted by molar-refractivity contribution is 5.65. The molecule has 0 aliphatic carbocycles. The Morgan fingerprint density at radius 2 is 0.651 bits per heavy atom. The molecule has 0 spiro atoms. The topological polar surface area (TPSA) is 19.4 Å². The smallest absolute Gasteiger partial charge is 0.201 e. The Balaban J connectivity index is 0.000000200. The molecule has 10 rings (SSSR count).